The highest BCUT2D eigenvalue weighted by molar-refractivity contribution is 5.79. The van der Waals surface area contributed by atoms with Crippen LogP contribution >= 0.6 is 0 Å². The van der Waals surface area contributed by atoms with Crippen molar-refractivity contribution in [3.05, 3.63) is 47.5 Å². The van der Waals surface area contributed by atoms with Gasteiger partial charge in [-0.25, -0.2) is 0 Å². The van der Waals surface area contributed by atoms with Crippen LogP contribution < -0.4 is 24.3 Å². The predicted molar refractivity (Wildman–Crippen MR) is 99.4 cm³/mol. The number of amides is 1. The van der Waals surface area contributed by atoms with Crippen molar-refractivity contribution >= 4 is 5.91 Å². The highest BCUT2D eigenvalue weighted by Gasteiger charge is 2.16. The maximum atomic E-state index is 12.4. The number of methoxy groups -OCH3 is 4. The molecule has 1 unspecified atom stereocenters. The van der Waals surface area contributed by atoms with Gasteiger partial charge in [0, 0.05) is 5.56 Å². The van der Waals surface area contributed by atoms with E-state index in [1.54, 1.807) is 40.6 Å². The molecule has 0 saturated heterocycles. The molecule has 2 rings (SSSR count). The van der Waals surface area contributed by atoms with Gasteiger partial charge in [0.25, 0.3) is 0 Å². The topological polar surface area (TPSA) is 66.0 Å². The summed E-state index contributed by atoms with van der Waals surface area (Å²) in [4.78, 5) is 12.4. The summed E-state index contributed by atoms with van der Waals surface area (Å²) < 4.78 is 21.1. The van der Waals surface area contributed by atoms with E-state index in [1.807, 2.05) is 31.2 Å². The van der Waals surface area contributed by atoms with E-state index in [9.17, 15) is 4.79 Å². The van der Waals surface area contributed by atoms with E-state index in [2.05, 4.69) is 5.32 Å². The van der Waals surface area contributed by atoms with Gasteiger partial charge in [-0.15, -0.1) is 0 Å². The Balaban J connectivity index is 2.10. The maximum Gasteiger partial charge on any atom is 0.224 e. The molecule has 1 amide bonds. The Morgan fingerprint density at radius 2 is 1.54 bits per heavy atom. The number of carbonyl (C=O) groups is 1. The Bertz CT molecular complexity index is 760. The molecule has 1 atom stereocenters. The van der Waals surface area contributed by atoms with Gasteiger partial charge in [0.2, 0.25) is 5.91 Å². The second-order valence-electron chi connectivity index (χ2n) is 5.76. The van der Waals surface area contributed by atoms with Crippen LogP contribution in [-0.4, -0.2) is 34.3 Å². The zero-order valence-corrected chi connectivity index (χ0v) is 15.8. The normalized spacial score (nSPS) is 11.4. The summed E-state index contributed by atoms with van der Waals surface area (Å²) in [7, 11) is 6.35. The fraction of sp³-hybridized carbons (Fsp3) is 0.350. The Morgan fingerprint density at radius 1 is 0.885 bits per heavy atom. The van der Waals surface area contributed by atoms with Crippen molar-refractivity contribution in [1.82, 2.24) is 5.32 Å². The van der Waals surface area contributed by atoms with Crippen LogP contribution in [0.25, 0.3) is 0 Å². The first-order valence-corrected chi connectivity index (χ1v) is 8.24. The van der Waals surface area contributed by atoms with Crippen LogP contribution in [-0.2, 0) is 11.2 Å². The third-order valence-corrected chi connectivity index (χ3v) is 4.09. The van der Waals surface area contributed by atoms with Crippen molar-refractivity contribution in [2.24, 2.45) is 0 Å². The Labute approximate surface area is 154 Å². The second-order valence-corrected chi connectivity index (χ2v) is 5.76. The lowest BCUT2D eigenvalue weighted by Gasteiger charge is -2.18. The molecule has 6 heteroatoms. The minimum Gasteiger partial charge on any atom is -0.497 e. The largest absolute Gasteiger partial charge is 0.497 e. The molecule has 0 saturated carbocycles. The Morgan fingerprint density at radius 3 is 2.15 bits per heavy atom. The van der Waals surface area contributed by atoms with E-state index in [0.29, 0.717) is 23.0 Å². The molecule has 0 aliphatic carbocycles. The Kier molecular flexibility index (Phi) is 6.72. The van der Waals surface area contributed by atoms with Gasteiger partial charge in [-0.2, -0.15) is 0 Å². The average molecular weight is 359 g/mol. The number of rotatable bonds is 8. The molecule has 6 nitrogen and oxygen atoms in total. The molecule has 0 aromatic heterocycles. The fourth-order valence-corrected chi connectivity index (χ4v) is 2.72. The summed E-state index contributed by atoms with van der Waals surface area (Å²) >= 11 is 0. The fourth-order valence-electron chi connectivity index (χ4n) is 2.72. The van der Waals surface area contributed by atoms with Gasteiger partial charge in [0.1, 0.15) is 11.5 Å². The van der Waals surface area contributed by atoms with E-state index in [0.717, 1.165) is 11.1 Å². The molecule has 0 aliphatic rings. The Hall–Kier alpha value is -2.89. The lowest BCUT2D eigenvalue weighted by molar-refractivity contribution is -0.121. The van der Waals surface area contributed by atoms with Gasteiger partial charge in [-0.1, -0.05) is 6.07 Å². The van der Waals surface area contributed by atoms with Crippen molar-refractivity contribution < 1.29 is 23.7 Å². The first kappa shape index (κ1) is 19.4. The summed E-state index contributed by atoms with van der Waals surface area (Å²) in [6.45, 7) is 1.91. The quantitative estimate of drug-likeness (QED) is 0.784. The predicted octanol–water partition coefficient (Wildman–Crippen LogP) is 3.14. The van der Waals surface area contributed by atoms with Crippen molar-refractivity contribution in [3.8, 4) is 23.0 Å². The first-order chi connectivity index (χ1) is 12.5. The third-order valence-electron chi connectivity index (χ3n) is 4.09. The van der Waals surface area contributed by atoms with E-state index in [4.69, 9.17) is 18.9 Å². The second kappa shape index (κ2) is 8.99. The van der Waals surface area contributed by atoms with Crippen molar-refractivity contribution in [2.75, 3.05) is 28.4 Å². The van der Waals surface area contributed by atoms with E-state index >= 15 is 0 Å². The van der Waals surface area contributed by atoms with E-state index < -0.39 is 0 Å². The SMILES string of the molecule is COc1ccc(OC)c(C(C)NC(=O)Cc2ccc(OC)c(OC)c2)c1. The number of benzene rings is 2. The summed E-state index contributed by atoms with van der Waals surface area (Å²) in [5, 5.41) is 2.99. The molecule has 2 aromatic carbocycles. The zero-order chi connectivity index (χ0) is 19.1. The van der Waals surface area contributed by atoms with Gasteiger partial charge in [-0.05, 0) is 42.8 Å². The van der Waals surface area contributed by atoms with Crippen LogP contribution in [0.3, 0.4) is 0 Å². The smallest absolute Gasteiger partial charge is 0.224 e. The van der Waals surface area contributed by atoms with Crippen LogP contribution in [0.15, 0.2) is 36.4 Å². The molecular formula is C20H25NO5. The number of nitrogens with one attached hydrogen (secondary N) is 1. The van der Waals surface area contributed by atoms with Crippen molar-refractivity contribution in [1.29, 1.82) is 0 Å². The monoisotopic (exact) mass is 359 g/mol. The van der Waals surface area contributed by atoms with E-state index in [1.165, 1.54) is 0 Å². The first-order valence-electron chi connectivity index (χ1n) is 8.24. The zero-order valence-electron chi connectivity index (χ0n) is 15.8. The minimum absolute atomic E-state index is 0.102. The highest BCUT2D eigenvalue weighted by atomic mass is 16.5. The van der Waals surface area contributed by atoms with E-state index in [-0.39, 0.29) is 18.4 Å². The standard InChI is InChI=1S/C20H25NO5/c1-13(16-12-15(23-2)7-9-17(16)24-3)21-20(22)11-14-6-8-18(25-4)19(10-14)26-5/h6-10,12-13H,11H2,1-5H3,(H,21,22). The molecular weight excluding hydrogens is 334 g/mol. The van der Waals surface area contributed by atoms with Crippen molar-refractivity contribution in [2.45, 2.75) is 19.4 Å². The maximum absolute atomic E-state index is 12.4. The molecule has 0 radical (unpaired) electrons. The number of carbonyl (C=O) groups excluding carboxylic acids is 1. The molecule has 1 N–H and O–H groups in total. The van der Waals surface area contributed by atoms with Gasteiger partial charge >= 0.3 is 0 Å². The molecule has 0 bridgehead atoms. The van der Waals surface area contributed by atoms with Gasteiger partial charge in [0.15, 0.2) is 11.5 Å². The number of ether oxygens (including phenoxy) is 4. The lowest BCUT2D eigenvalue weighted by Crippen LogP contribution is -2.28. The van der Waals surface area contributed by atoms with Gasteiger partial charge in [0.05, 0.1) is 40.9 Å². The highest BCUT2D eigenvalue weighted by Crippen LogP contribution is 2.30. The van der Waals surface area contributed by atoms with Crippen LogP contribution in [0.4, 0.5) is 0 Å². The van der Waals surface area contributed by atoms with Crippen LogP contribution in [0.5, 0.6) is 23.0 Å². The lowest BCUT2D eigenvalue weighted by atomic mass is 10.1. The molecule has 0 heterocycles. The number of hydrogen-bond acceptors (Lipinski definition) is 5. The summed E-state index contributed by atoms with van der Waals surface area (Å²) in [5.74, 6) is 2.53. The van der Waals surface area contributed by atoms with Gasteiger partial charge in [-0.3, -0.25) is 4.79 Å². The van der Waals surface area contributed by atoms with Crippen molar-refractivity contribution in [3.63, 3.8) is 0 Å². The molecule has 2 aromatic rings. The average Bonchev–Trinajstić information content (AvgIpc) is 2.66. The van der Waals surface area contributed by atoms with Crippen LogP contribution in [0, 0.1) is 0 Å². The summed E-state index contributed by atoms with van der Waals surface area (Å²) in [6.07, 6.45) is 0.233. The van der Waals surface area contributed by atoms with Gasteiger partial charge < -0.3 is 24.3 Å². The van der Waals surface area contributed by atoms with Crippen LogP contribution in [0.2, 0.25) is 0 Å². The molecule has 26 heavy (non-hydrogen) atoms. The minimum atomic E-state index is -0.229. The van der Waals surface area contributed by atoms with Crippen LogP contribution in [0.1, 0.15) is 24.1 Å². The third kappa shape index (κ3) is 4.59. The summed E-state index contributed by atoms with van der Waals surface area (Å²) in [5.41, 5.74) is 1.69. The molecule has 0 fully saturated rings. The summed E-state index contributed by atoms with van der Waals surface area (Å²) in [6, 6.07) is 10.7. The molecule has 140 valence electrons. The molecule has 0 aliphatic heterocycles. The molecule has 0 spiro atoms. The number of hydrogen-bond donors (Lipinski definition) is 1.